The molecule has 2 heteroatoms. The van der Waals surface area contributed by atoms with Crippen LogP contribution in [0, 0.1) is 5.41 Å². The molecule has 0 amide bonds. The van der Waals surface area contributed by atoms with Crippen molar-refractivity contribution in [1.82, 2.24) is 5.32 Å². The maximum Gasteiger partial charge on any atom is 0.0577 e. The molecule has 1 saturated heterocycles. The smallest absolute Gasteiger partial charge is 0.0577 e. The zero-order chi connectivity index (χ0) is 25.6. The van der Waals surface area contributed by atoms with Gasteiger partial charge >= 0.3 is 0 Å². The van der Waals surface area contributed by atoms with E-state index >= 15 is 0 Å². The van der Waals surface area contributed by atoms with E-state index in [9.17, 15) is 0 Å². The summed E-state index contributed by atoms with van der Waals surface area (Å²) < 4.78 is 0. The molecule has 2 aliphatic heterocycles. The van der Waals surface area contributed by atoms with Crippen molar-refractivity contribution in [2.45, 2.75) is 86.1 Å². The van der Waals surface area contributed by atoms with Crippen molar-refractivity contribution in [2.24, 2.45) is 5.41 Å². The van der Waals surface area contributed by atoms with E-state index in [0.717, 1.165) is 25.1 Å². The van der Waals surface area contributed by atoms with E-state index in [1.54, 1.807) is 0 Å². The quantitative estimate of drug-likeness (QED) is 0.270. The highest BCUT2D eigenvalue weighted by Crippen LogP contribution is 2.39. The second-order valence-electron chi connectivity index (χ2n) is 11.2. The number of unbranched alkanes of at least 4 members (excludes halogenated alkanes) is 2. The molecule has 1 N–H and O–H groups in total. The molecule has 0 radical (unpaired) electrons. The molecule has 0 aliphatic carbocycles. The Hall–Kier alpha value is -2.32. The predicted molar refractivity (Wildman–Crippen MR) is 155 cm³/mol. The first-order valence-corrected chi connectivity index (χ1v) is 13.6. The molecule has 3 rings (SSSR count). The normalized spacial score (nSPS) is 24.0. The zero-order valence-electron chi connectivity index (χ0n) is 23.3. The Kier molecular flexibility index (Phi) is 9.41. The molecular formula is C33H48N2. The summed E-state index contributed by atoms with van der Waals surface area (Å²) in [5.41, 5.74) is 10.8. The first-order chi connectivity index (χ1) is 16.7. The van der Waals surface area contributed by atoms with Crippen LogP contribution in [-0.4, -0.2) is 19.6 Å². The molecule has 2 nitrogen and oxygen atoms in total. The molecule has 35 heavy (non-hydrogen) atoms. The molecule has 2 heterocycles. The van der Waals surface area contributed by atoms with Crippen LogP contribution in [0.15, 0.2) is 83.0 Å². The summed E-state index contributed by atoms with van der Waals surface area (Å²) in [6, 6.07) is 9.47. The first-order valence-electron chi connectivity index (χ1n) is 13.6. The monoisotopic (exact) mass is 472 g/mol. The van der Waals surface area contributed by atoms with E-state index in [1.807, 2.05) is 6.08 Å². The molecule has 0 aromatic heterocycles. The van der Waals surface area contributed by atoms with Crippen molar-refractivity contribution in [3.8, 4) is 0 Å². The van der Waals surface area contributed by atoms with Gasteiger partial charge in [0.25, 0.3) is 0 Å². The molecule has 2 atom stereocenters. The van der Waals surface area contributed by atoms with Crippen molar-refractivity contribution in [3.63, 3.8) is 0 Å². The summed E-state index contributed by atoms with van der Waals surface area (Å²) in [6.07, 6.45) is 12.1. The Labute approximate surface area is 215 Å². The lowest BCUT2D eigenvalue weighted by Crippen LogP contribution is -2.29. The van der Waals surface area contributed by atoms with Gasteiger partial charge in [-0.1, -0.05) is 75.6 Å². The summed E-state index contributed by atoms with van der Waals surface area (Å²) in [5.74, 6) is 0. The Morgan fingerprint density at radius 2 is 1.97 bits per heavy atom. The van der Waals surface area contributed by atoms with Crippen LogP contribution >= 0.6 is 0 Å². The summed E-state index contributed by atoms with van der Waals surface area (Å²) in [6.45, 7) is 25.1. The Morgan fingerprint density at radius 3 is 2.66 bits per heavy atom. The molecule has 1 aromatic rings. The molecule has 1 aromatic carbocycles. The molecule has 0 bridgehead atoms. The van der Waals surface area contributed by atoms with E-state index < -0.39 is 0 Å². The van der Waals surface area contributed by atoms with E-state index in [-0.39, 0.29) is 6.04 Å². The van der Waals surface area contributed by atoms with Crippen LogP contribution in [0.5, 0.6) is 0 Å². The van der Waals surface area contributed by atoms with Gasteiger partial charge in [0.05, 0.1) is 6.04 Å². The molecule has 2 unspecified atom stereocenters. The average molecular weight is 473 g/mol. The Balaban J connectivity index is 1.89. The highest BCUT2D eigenvalue weighted by Gasteiger charge is 2.33. The standard InChI is InChI=1S/C33H48N2/c1-9-11-12-17-33(8)18-20-35(23-33)30-15-13-14-29(21-30)32-31(25(5)16-19-34-32)22-28(10-2)27(7)26(6)24(3)4/h10,13-15,21-22,32,34H,2-3,9,11-12,16-20,23H2,1,4-8H3/b27-26+,28-22+. The Bertz CT molecular complexity index is 1020. The third-order valence-electron chi connectivity index (χ3n) is 8.33. The summed E-state index contributed by atoms with van der Waals surface area (Å²) in [7, 11) is 0. The third kappa shape index (κ3) is 6.67. The van der Waals surface area contributed by atoms with Crippen LogP contribution in [0.4, 0.5) is 5.69 Å². The maximum atomic E-state index is 4.15. The summed E-state index contributed by atoms with van der Waals surface area (Å²) >= 11 is 0. The largest absolute Gasteiger partial charge is 0.371 e. The molecule has 0 saturated carbocycles. The van der Waals surface area contributed by atoms with Gasteiger partial charge in [-0.25, -0.2) is 0 Å². The molecule has 1 fully saturated rings. The number of anilines is 1. The third-order valence-corrected chi connectivity index (χ3v) is 8.33. The van der Waals surface area contributed by atoms with E-state index in [0.29, 0.717) is 5.41 Å². The van der Waals surface area contributed by atoms with Crippen molar-refractivity contribution in [1.29, 1.82) is 0 Å². The number of benzene rings is 1. The van der Waals surface area contributed by atoms with Gasteiger partial charge < -0.3 is 10.2 Å². The molecule has 0 spiro atoms. The van der Waals surface area contributed by atoms with Crippen molar-refractivity contribution in [2.75, 3.05) is 24.5 Å². The van der Waals surface area contributed by atoms with Crippen molar-refractivity contribution < 1.29 is 0 Å². The summed E-state index contributed by atoms with van der Waals surface area (Å²) in [4.78, 5) is 2.61. The maximum absolute atomic E-state index is 4.15. The second kappa shape index (κ2) is 12.1. The molecule has 190 valence electrons. The highest BCUT2D eigenvalue weighted by atomic mass is 15.2. The van der Waals surface area contributed by atoms with Crippen molar-refractivity contribution >= 4 is 5.69 Å². The second-order valence-corrected chi connectivity index (χ2v) is 11.2. The van der Waals surface area contributed by atoms with E-state index in [1.165, 1.54) is 77.8 Å². The fraction of sp³-hybridized carbons (Fsp3) is 0.515. The van der Waals surface area contributed by atoms with Gasteiger partial charge in [0, 0.05) is 18.8 Å². The topological polar surface area (TPSA) is 15.3 Å². The number of hydrogen-bond acceptors (Lipinski definition) is 2. The zero-order valence-corrected chi connectivity index (χ0v) is 23.3. The van der Waals surface area contributed by atoms with Gasteiger partial charge in [0.2, 0.25) is 0 Å². The van der Waals surface area contributed by atoms with Crippen LogP contribution in [-0.2, 0) is 0 Å². The van der Waals surface area contributed by atoms with Crippen molar-refractivity contribution in [3.05, 3.63) is 88.6 Å². The van der Waals surface area contributed by atoms with Gasteiger partial charge in [0.1, 0.15) is 0 Å². The number of hydrogen-bond donors (Lipinski definition) is 1. The lowest BCUT2D eigenvalue weighted by atomic mass is 9.84. The first kappa shape index (κ1) is 27.3. The van der Waals surface area contributed by atoms with E-state index in [4.69, 9.17) is 0 Å². The van der Waals surface area contributed by atoms with Crippen LogP contribution in [0.3, 0.4) is 0 Å². The van der Waals surface area contributed by atoms with Gasteiger partial charge in [-0.3, -0.25) is 0 Å². The van der Waals surface area contributed by atoms with Crippen LogP contribution in [0.2, 0.25) is 0 Å². The summed E-state index contributed by atoms with van der Waals surface area (Å²) in [5, 5.41) is 3.82. The van der Waals surface area contributed by atoms with E-state index in [2.05, 4.69) is 95.3 Å². The minimum Gasteiger partial charge on any atom is -0.371 e. The lowest BCUT2D eigenvalue weighted by molar-refractivity contribution is 0.324. The fourth-order valence-electron chi connectivity index (χ4n) is 5.58. The SMILES string of the molecule is C=CC(=C\C1=C(C)CCNC1c1cccc(N2CCC(C)(CCCCC)C2)c1)/C(C)=C(\C)C(=C)C. The highest BCUT2D eigenvalue weighted by molar-refractivity contribution is 5.55. The van der Waals surface area contributed by atoms with Gasteiger partial charge in [-0.2, -0.15) is 0 Å². The van der Waals surface area contributed by atoms with Gasteiger partial charge in [-0.15, -0.1) is 0 Å². The number of nitrogens with one attached hydrogen (secondary N) is 1. The van der Waals surface area contributed by atoms with Crippen LogP contribution in [0.1, 0.15) is 91.7 Å². The Morgan fingerprint density at radius 1 is 1.20 bits per heavy atom. The molecular weight excluding hydrogens is 424 g/mol. The van der Waals surface area contributed by atoms with Gasteiger partial charge in [-0.05, 0) is 105 Å². The lowest BCUT2D eigenvalue weighted by Gasteiger charge is -2.30. The average Bonchev–Trinajstić information content (AvgIpc) is 3.24. The number of nitrogens with zero attached hydrogens (tertiary/aromatic N) is 1. The minimum absolute atomic E-state index is 0.204. The van der Waals surface area contributed by atoms with Gasteiger partial charge in [0.15, 0.2) is 0 Å². The number of rotatable bonds is 10. The minimum atomic E-state index is 0.204. The molecule has 2 aliphatic rings. The number of allylic oxidation sites excluding steroid dienone is 5. The van der Waals surface area contributed by atoms with Crippen LogP contribution in [0.25, 0.3) is 0 Å². The predicted octanol–water partition coefficient (Wildman–Crippen LogP) is 8.86. The van der Waals surface area contributed by atoms with Crippen LogP contribution < -0.4 is 10.2 Å². The fourth-order valence-corrected chi connectivity index (χ4v) is 5.58.